The lowest BCUT2D eigenvalue weighted by Crippen LogP contribution is -1.86. The Morgan fingerprint density at radius 2 is 2.00 bits per heavy atom. The SMILES string of the molecule is Cc1csc(-c2ccc(C)c(C=O)c2)c1. The lowest BCUT2D eigenvalue weighted by Gasteiger charge is -2.01. The summed E-state index contributed by atoms with van der Waals surface area (Å²) in [6, 6.07) is 8.15. The first kappa shape index (κ1) is 10.1. The number of benzene rings is 1. The minimum Gasteiger partial charge on any atom is -0.298 e. The Labute approximate surface area is 93.4 Å². The molecule has 0 aliphatic carbocycles. The summed E-state index contributed by atoms with van der Waals surface area (Å²) in [6.07, 6.45) is 0.916. The Balaban J connectivity index is 2.50. The summed E-state index contributed by atoms with van der Waals surface area (Å²) >= 11 is 1.71. The van der Waals surface area contributed by atoms with Crippen molar-refractivity contribution in [3.05, 3.63) is 46.3 Å². The van der Waals surface area contributed by atoms with E-state index in [-0.39, 0.29) is 0 Å². The second-order valence-corrected chi connectivity index (χ2v) is 4.59. The quantitative estimate of drug-likeness (QED) is 0.697. The van der Waals surface area contributed by atoms with Crippen molar-refractivity contribution in [1.82, 2.24) is 0 Å². The van der Waals surface area contributed by atoms with E-state index in [1.54, 1.807) is 11.3 Å². The zero-order chi connectivity index (χ0) is 10.8. The fourth-order valence-electron chi connectivity index (χ4n) is 1.50. The highest BCUT2D eigenvalue weighted by Crippen LogP contribution is 2.28. The minimum absolute atomic E-state index is 0.776. The standard InChI is InChI=1S/C13H12OS/c1-9-5-13(15-8-9)11-4-3-10(2)12(6-11)7-14/h3-8H,1-2H3. The van der Waals surface area contributed by atoms with E-state index in [0.29, 0.717) is 0 Å². The molecular weight excluding hydrogens is 204 g/mol. The highest BCUT2D eigenvalue weighted by Gasteiger charge is 2.03. The molecule has 1 nitrogen and oxygen atoms in total. The van der Waals surface area contributed by atoms with Gasteiger partial charge in [-0.15, -0.1) is 11.3 Å². The molecule has 0 unspecified atom stereocenters. The second kappa shape index (κ2) is 3.99. The highest BCUT2D eigenvalue weighted by atomic mass is 32.1. The molecule has 0 saturated heterocycles. The van der Waals surface area contributed by atoms with Crippen molar-refractivity contribution in [3.63, 3.8) is 0 Å². The summed E-state index contributed by atoms with van der Waals surface area (Å²) < 4.78 is 0. The molecule has 0 saturated carbocycles. The average molecular weight is 216 g/mol. The van der Waals surface area contributed by atoms with Crippen LogP contribution < -0.4 is 0 Å². The van der Waals surface area contributed by atoms with Crippen LogP contribution in [0.25, 0.3) is 10.4 Å². The van der Waals surface area contributed by atoms with Crippen molar-refractivity contribution in [2.24, 2.45) is 0 Å². The van der Waals surface area contributed by atoms with E-state index in [9.17, 15) is 4.79 Å². The third-order valence-electron chi connectivity index (χ3n) is 2.42. The summed E-state index contributed by atoms with van der Waals surface area (Å²) in [7, 11) is 0. The fourth-order valence-corrected chi connectivity index (χ4v) is 2.40. The Morgan fingerprint density at radius 1 is 1.20 bits per heavy atom. The van der Waals surface area contributed by atoms with Crippen LogP contribution in [-0.4, -0.2) is 6.29 Å². The van der Waals surface area contributed by atoms with Crippen LogP contribution in [0, 0.1) is 13.8 Å². The van der Waals surface area contributed by atoms with Gasteiger partial charge in [-0.2, -0.15) is 0 Å². The normalized spacial score (nSPS) is 10.3. The van der Waals surface area contributed by atoms with Crippen molar-refractivity contribution < 1.29 is 4.79 Å². The number of carbonyl (C=O) groups excluding carboxylic acids is 1. The second-order valence-electron chi connectivity index (χ2n) is 3.68. The molecule has 76 valence electrons. The van der Waals surface area contributed by atoms with Crippen LogP contribution in [0.4, 0.5) is 0 Å². The summed E-state index contributed by atoms with van der Waals surface area (Å²) in [5, 5.41) is 2.12. The van der Waals surface area contributed by atoms with Crippen LogP contribution in [0.2, 0.25) is 0 Å². The first-order valence-electron chi connectivity index (χ1n) is 4.82. The molecule has 0 aliphatic rings. The first-order valence-corrected chi connectivity index (χ1v) is 5.70. The maximum absolute atomic E-state index is 10.8. The number of thiophene rings is 1. The van der Waals surface area contributed by atoms with Gasteiger partial charge in [0.1, 0.15) is 6.29 Å². The number of hydrogen-bond donors (Lipinski definition) is 0. The van der Waals surface area contributed by atoms with Crippen molar-refractivity contribution in [1.29, 1.82) is 0 Å². The van der Waals surface area contributed by atoms with Crippen molar-refractivity contribution >= 4 is 17.6 Å². The first-order chi connectivity index (χ1) is 7.20. The topological polar surface area (TPSA) is 17.1 Å². The van der Waals surface area contributed by atoms with Gasteiger partial charge in [-0.25, -0.2) is 0 Å². The Kier molecular flexibility index (Phi) is 2.69. The number of rotatable bonds is 2. The van der Waals surface area contributed by atoms with Gasteiger partial charge in [-0.1, -0.05) is 12.1 Å². The summed E-state index contributed by atoms with van der Waals surface area (Å²) in [4.78, 5) is 12.0. The minimum atomic E-state index is 0.776. The number of carbonyl (C=O) groups is 1. The van der Waals surface area contributed by atoms with Crippen LogP contribution >= 0.6 is 11.3 Å². The molecule has 1 aromatic heterocycles. The molecule has 2 heteroatoms. The van der Waals surface area contributed by atoms with Gasteiger partial charge in [0, 0.05) is 10.4 Å². The predicted molar refractivity (Wildman–Crippen MR) is 64.6 cm³/mol. The maximum Gasteiger partial charge on any atom is 0.150 e. The van der Waals surface area contributed by atoms with Gasteiger partial charge in [0.2, 0.25) is 0 Å². The molecule has 2 rings (SSSR count). The Hall–Kier alpha value is -1.41. The largest absolute Gasteiger partial charge is 0.298 e. The van der Waals surface area contributed by atoms with Gasteiger partial charge in [0.15, 0.2) is 0 Å². The molecule has 0 amide bonds. The number of aryl methyl sites for hydroxylation is 2. The lowest BCUT2D eigenvalue weighted by atomic mass is 10.0. The number of aldehydes is 1. The van der Waals surface area contributed by atoms with Crippen molar-refractivity contribution in [2.75, 3.05) is 0 Å². The molecular formula is C13H12OS. The molecule has 0 radical (unpaired) electrons. The van der Waals surface area contributed by atoms with Crippen molar-refractivity contribution in [2.45, 2.75) is 13.8 Å². The van der Waals surface area contributed by atoms with Gasteiger partial charge in [-0.3, -0.25) is 4.79 Å². The van der Waals surface area contributed by atoms with Gasteiger partial charge in [0.25, 0.3) is 0 Å². The van der Waals surface area contributed by atoms with Gasteiger partial charge >= 0.3 is 0 Å². The van der Waals surface area contributed by atoms with Gasteiger partial charge in [-0.05, 0) is 48.1 Å². The summed E-state index contributed by atoms with van der Waals surface area (Å²) in [5.41, 5.74) is 4.20. The van der Waals surface area contributed by atoms with Gasteiger partial charge in [0.05, 0.1) is 0 Å². The van der Waals surface area contributed by atoms with E-state index < -0.39 is 0 Å². The van der Waals surface area contributed by atoms with E-state index in [2.05, 4.69) is 24.4 Å². The lowest BCUT2D eigenvalue weighted by molar-refractivity contribution is 0.112. The van der Waals surface area contributed by atoms with E-state index >= 15 is 0 Å². The van der Waals surface area contributed by atoms with Crippen LogP contribution in [0.5, 0.6) is 0 Å². The molecule has 2 aromatic rings. The van der Waals surface area contributed by atoms with Crippen LogP contribution in [-0.2, 0) is 0 Å². The smallest absolute Gasteiger partial charge is 0.150 e. The molecule has 0 N–H and O–H groups in total. The van der Waals surface area contributed by atoms with E-state index in [0.717, 1.165) is 23.0 Å². The van der Waals surface area contributed by atoms with E-state index in [1.165, 1.54) is 10.4 Å². The molecule has 0 atom stereocenters. The summed E-state index contributed by atoms with van der Waals surface area (Å²) in [6.45, 7) is 4.03. The Morgan fingerprint density at radius 3 is 2.60 bits per heavy atom. The fraction of sp³-hybridized carbons (Fsp3) is 0.154. The molecule has 0 fully saturated rings. The maximum atomic E-state index is 10.8. The predicted octanol–water partition coefficient (Wildman–Crippen LogP) is 3.84. The van der Waals surface area contributed by atoms with E-state index in [1.807, 2.05) is 19.1 Å². The Bertz CT molecular complexity index is 497. The third-order valence-corrected chi connectivity index (χ3v) is 3.52. The zero-order valence-electron chi connectivity index (χ0n) is 8.78. The molecule has 0 aliphatic heterocycles. The average Bonchev–Trinajstić information content (AvgIpc) is 2.66. The molecule has 1 aromatic carbocycles. The van der Waals surface area contributed by atoms with Gasteiger partial charge < -0.3 is 0 Å². The van der Waals surface area contributed by atoms with Crippen LogP contribution in [0.1, 0.15) is 21.5 Å². The molecule has 0 bridgehead atoms. The van der Waals surface area contributed by atoms with Crippen LogP contribution in [0.15, 0.2) is 29.6 Å². The highest BCUT2D eigenvalue weighted by molar-refractivity contribution is 7.13. The molecule has 15 heavy (non-hydrogen) atoms. The van der Waals surface area contributed by atoms with Crippen LogP contribution in [0.3, 0.4) is 0 Å². The van der Waals surface area contributed by atoms with Crippen molar-refractivity contribution in [3.8, 4) is 10.4 Å². The molecule has 0 spiro atoms. The zero-order valence-corrected chi connectivity index (χ0v) is 9.60. The summed E-state index contributed by atoms with van der Waals surface area (Å²) in [5.74, 6) is 0. The monoisotopic (exact) mass is 216 g/mol. The number of hydrogen-bond acceptors (Lipinski definition) is 2. The molecule has 1 heterocycles. The van der Waals surface area contributed by atoms with E-state index in [4.69, 9.17) is 0 Å². The third kappa shape index (κ3) is 2.00.